The van der Waals surface area contributed by atoms with E-state index >= 15 is 0 Å². The van der Waals surface area contributed by atoms with E-state index in [1.54, 1.807) is 7.11 Å². The van der Waals surface area contributed by atoms with Crippen LogP contribution < -0.4 is 10.6 Å². The van der Waals surface area contributed by atoms with E-state index in [1.807, 2.05) is 27.7 Å². The highest BCUT2D eigenvalue weighted by atomic mass is 16.6. The predicted molar refractivity (Wildman–Crippen MR) is 68.2 cm³/mol. The molecule has 0 rings (SSSR count). The number of alkyl carbamates (subject to hydrolysis) is 1. The van der Waals surface area contributed by atoms with Crippen molar-refractivity contribution in [3.8, 4) is 0 Å². The molecule has 5 nitrogen and oxygen atoms in total. The molecular weight excluding hydrogens is 220 g/mol. The molecule has 0 aromatic carbocycles. The van der Waals surface area contributed by atoms with Gasteiger partial charge in [0.15, 0.2) is 0 Å². The van der Waals surface area contributed by atoms with Crippen LogP contribution in [-0.4, -0.2) is 44.5 Å². The van der Waals surface area contributed by atoms with Gasteiger partial charge in [-0.3, -0.25) is 0 Å². The lowest BCUT2D eigenvalue weighted by Gasteiger charge is -2.22. The van der Waals surface area contributed by atoms with Gasteiger partial charge in [-0.25, -0.2) is 4.79 Å². The number of ether oxygens (including phenoxy) is 2. The number of carbonyl (C=O) groups is 1. The molecule has 0 aliphatic carbocycles. The number of rotatable bonds is 7. The minimum absolute atomic E-state index is 0.0971. The van der Waals surface area contributed by atoms with Crippen LogP contribution in [0.1, 0.15) is 34.1 Å². The summed E-state index contributed by atoms with van der Waals surface area (Å²) in [6.45, 7) is 9.89. The number of hydrogen-bond donors (Lipinski definition) is 2. The highest BCUT2D eigenvalue weighted by molar-refractivity contribution is 5.67. The molecule has 2 N–H and O–H groups in total. The molecule has 0 unspecified atom stereocenters. The molecule has 0 aliphatic heterocycles. The van der Waals surface area contributed by atoms with Gasteiger partial charge in [-0.15, -0.1) is 0 Å². The quantitative estimate of drug-likeness (QED) is 0.669. The first-order valence-electron chi connectivity index (χ1n) is 6.04. The molecule has 0 bridgehead atoms. The molecule has 0 heterocycles. The smallest absolute Gasteiger partial charge is 0.407 e. The molecule has 0 spiro atoms. The molecule has 0 aromatic heterocycles. The highest BCUT2D eigenvalue weighted by Gasteiger charge is 2.17. The maximum atomic E-state index is 11.4. The van der Waals surface area contributed by atoms with E-state index in [-0.39, 0.29) is 12.1 Å². The number of hydrogen-bond acceptors (Lipinski definition) is 4. The van der Waals surface area contributed by atoms with Crippen molar-refractivity contribution >= 4 is 6.09 Å². The Hall–Kier alpha value is -0.810. The Balaban J connectivity index is 3.57. The topological polar surface area (TPSA) is 59.6 Å². The van der Waals surface area contributed by atoms with Crippen LogP contribution in [0.25, 0.3) is 0 Å². The van der Waals surface area contributed by atoms with E-state index in [9.17, 15) is 4.79 Å². The van der Waals surface area contributed by atoms with Crippen LogP contribution in [0.15, 0.2) is 0 Å². The van der Waals surface area contributed by atoms with Crippen molar-refractivity contribution in [3.63, 3.8) is 0 Å². The summed E-state index contributed by atoms with van der Waals surface area (Å²) in [4.78, 5) is 11.4. The highest BCUT2D eigenvalue weighted by Crippen LogP contribution is 2.06. The van der Waals surface area contributed by atoms with Crippen LogP contribution in [-0.2, 0) is 9.47 Å². The van der Waals surface area contributed by atoms with Crippen LogP contribution in [0, 0.1) is 0 Å². The Bertz CT molecular complexity index is 214. The first-order valence-corrected chi connectivity index (χ1v) is 6.04. The van der Waals surface area contributed by atoms with Gasteiger partial charge < -0.3 is 20.1 Å². The fourth-order valence-corrected chi connectivity index (χ4v) is 1.20. The molecule has 1 atom stereocenters. The predicted octanol–water partition coefficient (Wildman–Crippen LogP) is 1.53. The maximum Gasteiger partial charge on any atom is 0.407 e. The summed E-state index contributed by atoms with van der Waals surface area (Å²) >= 11 is 0. The van der Waals surface area contributed by atoms with Crippen molar-refractivity contribution in [2.24, 2.45) is 0 Å². The van der Waals surface area contributed by atoms with Crippen LogP contribution in [0.4, 0.5) is 4.79 Å². The third-order valence-corrected chi connectivity index (χ3v) is 2.00. The lowest BCUT2D eigenvalue weighted by Crippen LogP contribution is -2.39. The van der Waals surface area contributed by atoms with Gasteiger partial charge in [-0.2, -0.15) is 0 Å². The summed E-state index contributed by atoms with van der Waals surface area (Å²) in [5, 5.41) is 6.02. The normalized spacial score (nSPS) is 13.2. The zero-order chi connectivity index (χ0) is 13.3. The fraction of sp³-hybridized carbons (Fsp3) is 0.917. The summed E-state index contributed by atoms with van der Waals surface area (Å²) in [6.07, 6.45) is 0.505. The Kier molecular flexibility index (Phi) is 7.91. The van der Waals surface area contributed by atoms with Crippen LogP contribution in [0.3, 0.4) is 0 Å². The minimum Gasteiger partial charge on any atom is -0.444 e. The zero-order valence-electron chi connectivity index (χ0n) is 11.6. The van der Waals surface area contributed by atoms with E-state index in [2.05, 4.69) is 10.6 Å². The molecule has 17 heavy (non-hydrogen) atoms. The molecule has 0 saturated heterocycles. The monoisotopic (exact) mass is 246 g/mol. The van der Waals surface area contributed by atoms with Crippen LogP contribution >= 0.6 is 0 Å². The van der Waals surface area contributed by atoms with Gasteiger partial charge in [0, 0.05) is 19.7 Å². The van der Waals surface area contributed by atoms with Crippen molar-refractivity contribution in [1.82, 2.24) is 10.6 Å². The number of methoxy groups -OCH3 is 1. The largest absolute Gasteiger partial charge is 0.444 e. The van der Waals surface area contributed by atoms with E-state index in [0.717, 1.165) is 19.5 Å². The third kappa shape index (κ3) is 11.5. The van der Waals surface area contributed by atoms with Crippen LogP contribution in [0.2, 0.25) is 0 Å². The Morgan fingerprint density at radius 1 is 1.29 bits per heavy atom. The lowest BCUT2D eigenvalue weighted by molar-refractivity contribution is 0.0506. The summed E-state index contributed by atoms with van der Waals surface area (Å²) in [6, 6.07) is 0.0971. The molecule has 0 saturated carbocycles. The summed E-state index contributed by atoms with van der Waals surface area (Å²) in [5.41, 5.74) is -0.444. The van der Waals surface area contributed by atoms with Gasteiger partial charge in [0.05, 0.1) is 6.61 Å². The Labute approximate surface area is 104 Å². The van der Waals surface area contributed by atoms with E-state index in [4.69, 9.17) is 9.47 Å². The second-order valence-corrected chi connectivity index (χ2v) is 5.08. The summed E-state index contributed by atoms with van der Waals surface area (Å²) in [5.74, 6) is 0. The summed E-state index contributed by atoms with van der Waals surface area (Å²) in [7, 11) is 1.67. The SMILES string of the molecule is COCCNCC[C@H](C)NC(=O)OC(C)(C)C. The van der Waals surface area contributed by atoms with E-state index in [0.29, 0.717) is 6.61 Å². The molecule has 102 valence electrons. The second-order valence-electron chi connectivity index (χ2n) is 5.08. The lowest BCUT2D eigenvalue weighted by atomic mass is 10.2. The van der Waals surface area contributed by atoms with E-state index < -0.39 is 5.60 Å². The van der Waals surface area contributed by atoms with Gasteiger partial charge in [0.1, 0.15) is 5.60 Å². The average molecular weight is 246 g/mol. The standard InChI is InChI=1S/C12H26N2O3/c1-10(6-7-13-8-9-16-5)14-11(15)17-12(2,3)4/h10,13H,6-9H2,1-5H3,(H,14,15)/t10-/m0/s1. The van der Waals surface area contributed by atoms with Gasteiger partial charge >= 0.3 is 6.09 Å². The third-order valence-electron chi connectivity index (χ3n) is 2.00. The maximum absolute atomic E-state index is 11.4. The Morgan fingerprint density at radius 2 is 1.94 bits per heavy atom. The number of nitrogens with one attached hydrogen (secondary N) is 2. The molecule has 0 fully saturated rings. The molecule has 5 heteroatoms. The van der Waals surface area contributed by atoms with Crippen molar-refractivity contribution in [2.75, 3.05) is 26.8 Å². The van der Waals surface area contributed by atoms with Gasteiger partial charge in [0.2, 0.25) is 0 Å². The van der Waals surface area contributed by atoms with Crippen molar-refractivity contribution < 1.29 is 14.3 Å². The summed E-state index contributed by atoms with van der Waals surface area (Å²) < 4.78 is 10.1. The Morgan fingerprint density at radius 3 is 2.47 bits per heavy atom. The van der Waals surface area contributed by atoms with E-state index in [1.165, 1.54) is 0 Å². The molecule has 0 aliphatic rings. The first-order chi connectivity index (χ1) is 7.85. The second kappa shape index (κ2) is 8.31. The molecule has 0 radical (unpaired) electrons. The zero-order valence-corrected chi connectivity index (χ0v) is 11.6. The molecule has 0 aromatic rings. The fourth-order valence-electron chi connectivity index (χ4n) is 1.20. The minimum atomic E-state index is -0.444. The number of amides is 1. The molecular formula is C12H26N2O3. The first kappa shape index (κ1) is 16.2. The van der Waals surface area contributed by atoms with Gasteiger partial charge in [-0.05, 0) is 40.7 Å². The van der Waals surface area contributed by atoms with Gasteiger partial charge in [0.25, 0.3) is 0 Å². The van der Waals surface area contributed by atoms with Crippen molar-refractivity contribution in [3.05, 3.63) is 0 Å². The van der Waals surface area contributed by atoms with Crippen molar-refractivity contribution in [2.45, 2.75) is 45.8 Å². The average Bonchev–Trinajstić information content (AvgIpc) is 2.14. The van der Waals surface area contributed by atoms with Crippen LogP contribution in [0.5, 0.6) is 0 Å². The van der Waals surface area contributed by atoms with Crippen molar-refractivity contribution in [1.29, 1.82) is 0 Å². The van der Waals surface area contributed by atoms with Gasteiger partial charge in [-0.1, -0.05) is 0 Å². The molecule has 1 amide bonds. The number of carbonyl (C=O) groups excluding carboxylic acids is 1.